The second-order valence-electron chi connectivity index (χ2n) is 10.7. The van der Waals surface area contributed by atoms with Crippen LogP contribution in [0.1, 0.15) is 69.0 Å². The van der Waals surface area contributed by atoms with E-state index < -0.39 is 0 Å². The first kappa shape index (κ1) is 30.1. The summed E-state index contributed by atoms with van der Waals surface area (Å²) in [5.74, 6) is 1.51. The quantitative estimate of drug-likeness (QED) is 0.114. The van der Waals surface area contributed by atoms with Gasteiger partial charge < -0.3 is 14.5 Å². The molecule has 3 aromatic heterocycles. The van der Waals surface area contributed by atoms with E-state index in [1.807, 2.05) is 25.3 Å². The van der Waals surface area contributed by atoms with Gasteiger partial charge in [-0.25, -0.2) is 0 Å². The van der Waals surface area contributed by atoms with Crippen LogP contribution in [0.15, 0.2) is 83.1 Å². The predicted octanol–water partition coefficient (Wildman–Crippen LogP) is 8.96. The van der Waals surface area contributed by atoms with Gasteiger partial charge in [0, 0.05) is 54.7 Å². The summed E-state index contributed by atoms with van der Waals surface area (Å²) in [6, 6.07) is 24.6. The molecular weight excluding hydrogens is 689 g/mol. The molecule has 211 valence electrons. The number of rotatable bonds is 4. The molecule has 6 heteroatoms. The molecule has 1 aliphatic rings. The Balaban J connectivity index is 0.000000434. The Morgan fingerprint density at radius 2 is 1.78 bits per heavy atom. The van der Waals surface area contributed by atoms with E-state index in [9.17, 15) is 4.79 Å². The number of hydrogen-bond acceptors (Lipinski definition) is 5. The van der Waals surface area contributed by atoms with Crippen LogP contribution in [0.25, 0.3) is 44.7 Å². The molecule has 2 aromatic carbocycles. The van der Waals surface area contributed by atoms with Gasteiger partial charge in [-0.15, -0.1) is 29.3 Å². The van der Waals surface area contributed by atoms with Gasteiger partial charge in [-0.2, -0.15) is 0 Å². The molecular formula is C35H33IrN2O3-. The van der Waals surface area contributed by atoms with Crippen molar-refractivity contribution in [3.8, 4) is 33.7 Å². The maximum atomic E-state index is 10.0. The summed E-state index contributed by atoms with van der Waals surface area (Å²) in [5.41, 5.74) is 11.0. The molecule has 5 nitrogen and oxygen atoms in total. The molecule has 1 radical (unpaired) electrons. The van der Waals surface area contributed by atoms with Crippen molar-refractivity contribution in [3.63, 3.8) is 0 Å². The Bertz CT molecular complexity index is 1750. The molecule has 0 saturated carbocycles. The number of aliphatic hydroxyl groups excluding tert-OH is 1. The van der Waals surface area contributed by atoms with Gasteiger partial charge in [0.2, 0.25) is 0 Å². The minimum Gasteiger partial charge on any atom is -0.512 e. The van der Waals surface area contributed by atoms with E-state index in [1.165, 1.54) is 42.2 Å². The average molecular weight is 722 g/mol. The summed E-state index contributed by atoms with van der Waals surface area (Å²) < 4.78 is 6.27. The van der Waals surface area contributed by atoms with Gasteiger partial charge in [-0.1, -0.05) is 56.7 Å². The zero-order valence-electron chi connectivity index (χ0n) is 24.1. The summed E-state index contributed by atoms with van der Waals surface area (Å²) in [7, 11) is 0. The molecule has 1 atom stereocenters. The van der Waals surface area contributed by atoms with E-state index in [2.05, 4.69) is 75.4 Å². The van der Waals surface area contributed by atoms with Gasteiger partial charge in [-0.05, 0) is 67.6 Å². The third-order valence-corrected chi connectivity index (χ3v) is 7.17. The number of fused-ring (bicyclic) bond motifs is 4. The summed E-state index contributed by atoms with van der Waals surface area (Å²) in [6.45, 7) is 11.5. The molecule has 1 aliphatic carbocycles. The largest absolute Gasteiger partial charge is 0.512 e. The zero-order chi connectivity index (χ0) is 28.6. The molecule has 1 N–H and O–H groups in total. The second kappa shape index (κ2) is 12.3. The Morgan fingerprint density at radius 1 is 1.05 bits per heavy atom. The van der Waals surface area contributed by atoms with Gasteiger partial charge in [0.1, 0.15) is 11.3 Å². The fourth-order valence-electron chi connectivity index (χ4n) is 5.22. The Kier molecular flexibility index (Phi) is 9.06. The van der Waals surface area contributed by atoms with Crippen molar-refractivity contribution in [1.29, 1.82) is 0 Å². The number of carbonyl (C=O) groups excluding carboxylic acids is 1. The number of hydrogen-bond donors (Lipinski definition) is 1. The first-order valence-electron chi connectivity index (χ1n) is 13.5. The minimum atomic E-state index is -0.125. The van der Waals surface area contributed by atoms with Crippen molar-refractivity contribution in [2.45, 2.75) is 53.4 Å². The number of aliphatic hydroxyl groups is 1. The normalized spacial score (nSPS) is 13.7. The van der Waals surface area contributed by atoms with Crippen LogP contribution in [-0.2, 0) is 24.9 Å². The molecule has 0 bridgehead atoms. The number of aromatic nitrogens is 2. The Labute approximate surface area is 254 Å². The van der Waals surface area contributed by atoms with Crippen molar-refractivity contribution in [2.24, 2.45) is 0 Å². The molecule has 41 heavy (non-hydrogen) atoms. The summed E-state index contributed by atoms with van der Waals surface area (Å²) in [5, 5.41) is 9.37. The third-order valence-electron chi connectivity index (χ3n) is 7.17. The number of allylic oxidation sites excluding steroid dienone is 2. The molecule has 3 heterocycles. The molecule has 0 amide bonds. The Hall–Kier alpha value is -3.86. The predicted molar refractivity (Wildman–Crippen MR) is 160 cm³/mol. The molecule has 1 unspecified atom stereocenters. The molecule has 0 spiro atoms. The topological polar surface area (TPSA) is 76.2 Å². The average Bonchev–Trinajstić information content (AvgIpc) is 3.47. The van der Waals surface area contributed by atoms with Crippen molar-refractivity contribution in [3.05, 3.63) is 107 Å². The van der Waals surface area contributed by atoms with Crippen molar-refractivity contribution in [1.82, 2.24) is 9.97 Å². The van der Waals surface area contributed by atoms with E-state index >= 15 is 0 Å². The molecule has 5 aromatic rings. The molecule has 0 fully saturated rings. The van der Waals surface area contributed by atoms with Crippen LogP contribution in [-0.4, -0.2) is 20.9 Å². The van der Waals surface area contributed by atoms with Gasteiger partial charge in [0.25, 0.3) is 0 Å². The third kappa shape index (κ3) is 6.24. The van der Waals surface area contributed by atoms with Crippen LogP contribution in [0.5, 0.6) is 0 Å². The summed E-state index contributed by atoms with van der Waals surface area (Å²) >= 11 is 0. The number of carbonyl (C=O) groups is 1. The van der Waals surface area contributed by atoms with Crippen LogP contribution < -0.4 is 0 Å². The van der Waals surface area contributed by atoms with Gasteiger partial charge in [0.15, 0.2) is 5.78 Å². The van der Waals surface area contributed by atoms with E-state index in [4.69, 9.17) is 19.5 Å². The van der Waals surface area contributed by atoms with E-state index in [0.717, 1.165) is 44.9 Å². The van der Waals surface area contributed by atoms with Crippen LogP contribution in [0, 0.1) is 13.0 Å². The summed E-state index contributed by atoms with van der Waals surface area (Å²) in [6.07, 6.45) is 3.07. The number of pyridine rings is 2. The first-order chi connectivity index (χ1) is 19.1. The number of aryl methyl sites for hydroxylation is 1. The van der Waals surface area contributed by atoms with Crippen LogP contribution in [0.2, 0.25) is 0 Å². The number of nitrogens with zero attached hydrogens (tertiary/aromatic N) is 2. The van der Waals surface area contributed by atoms with Crippen LogP contribution in [0.3, 0.4) is 0 Å². The van der Waals surface area contributed by atoms with Crippen molar-refractivity contribution >= 4 is 16.8 Å². The Morgan fingerprint density at radius 3 is 2.41 bits per heavy atom. The van der Waals surface area contributed by atoms with E-state index in [1.54, 1.807) is 0 Å². The fraction of sp³-hybridized carbons (Fsp3) is 0.229. The number of benzene rings is 2. The van der Waals surface area contributed by atoms with E-state index in [-0.39, 0.29) is 37.6 Å². The maximum Gasteiger partial charge on any atom is 0.155 e. The SMILES string of the molecule is CC(=O)/C=C(/C)O.Cc1ccc2c(n1)C(C)c1c(-c3cc4oc(-c5ccc(C(C)C)cc5)cc4cn3)[c-]ccc1-2.[Ir]. The van der Waals surface area contributed by atoms with Gasteiger partial charge >= 0.3 is 0 Å². The molecule has 0 aliphatic heterocycles. The van der Waals surface area contributed by atoms with Gasteiger partial charge in [0.05, 0.1) is 5.76 Å². The van der Waals surface area contributed by atoms with Crippen molar-refractivity contribution in [2.75, 3.05) is 0 Å². The second-order valence-corrected chi connectivity index (χ2v) is 10.7. The minimum absolute atomic E-state index is 0. The summed E-state index contributed by atoms with van der Waals surface area (Å²) in [4.78, 5) is 19.7. The van der Waals surface area contributed by atoms with Crippen molar-refractivity contribution < 1.29 is 34.4 Å². The van der Waals surface area contributed by atoms with Crippen LogP contribution in [0.4, 0.5) is 0 Å². The standard InChI is InChI=1S/C30H25N2O.C5H8O2.Ir/c1-17(2)20-9-11-21(12-10-20)27-14-22-16-31-26(15-28(22)33-27)25-7-5-6-23-24-13-8-18(3)32-30(24)19(4)29(23)25;1-4(6)3-5(2)7;/h5-6,8-17,19H,1-4H3;3,6H,1-2H3;/q-1;;/b;4-3-;. The fourth-order valence-corrected chi connectivity index (χ4v) is 5.22. The zero-order valence-corrected chi connectivity index (χ0v) is 26.5. The van der Waals surface area contributed by atoms with Gasteiger partial charge in [-0.3, -0.25) is 9.78 Å². The molecule has 0 saturated heterocycles. The van der Waals surface area contributed by atoms with Crippen LogP contribution >= 0.6 is 0 Å². The van der Waals surface area contributed by atoms with E-state index in [0.29, 0.717) is 5.92 Å². The first-order valence-corrected chi connectivity index (χ1v) is 13.5. The number of ketones is 1. The smallest absolute Gasteiger partial charge is 0.155 e. The number of furan rings is 1. The monoisotopic (exact) mass is 722 g/mol. The maximum absolute atomic E-state index is 10.0. The molecule has 6 rings (SSSR count).